The number of aryl methyl sites for hydroxylation is 1. The minimum absolute atomic E-state index is 0.00469. The third-order valence-electron chi connectivity index (χ3n) is 4.63. The van der Waals surface area contributed by atoms with Crippen LogP contribution < -0.4 is 15.0 Å². The number of nitrogens with zero attached hydrogens (tertiary/aromatic N) is 1. The number of amides is 2. The van der Waals surface area contributed by atoms with Gasteiger partial charge in [-0.3, -0.25) is 9.59 Å². The fourth-order valence-electron chi connectivity index (χ4n) is 3.04. The van der Waals surface area contributed by atoms with Crippen molar-refractivity contribution in [2.45, 2.75) is 19.4 Å². The van der Waals surface area contributed by atoms with E-state index in [1.165, 1.54) is 12.7 Å². The Morgan fingerprint density at radius 2 is 1.96 bits per heavy atom. The number of hydrogen-bond donors (Lipinski definition) is 1. The summed E-state index contributed by atoms with van der Waals surface area (Å²) in [6.07, 6.45) is 0.682. The van der Waals surface area contributed by atoms with E-state index in [2.05, 4.69) is 12.2 Å². The van der Waals surface area contributed by atoms with Crippen molar-refractivity contribution in [3.05, 3.63) is 59.7 Å². The van der Waals surface area contributed by atoms with Crippen molar-refractivity contribution in [3.63, 3.8) is 0 Å². The van der Waals surface area contributed by atoms with E-state index in [0.717, 1.165) is 12.1 Å². The standard InChI is InChI=1S/C21H24N2O4/c1-3-15-8-10-16(11-9-15)23-13-17(27-14-20(23)24)12-22-21(25)18-6-4-5-7-19(18)26-2/h4-11,17H,3,12-14H2,1-2H3,(H,22,25). The summed E-state index contributed by atoms with van der Waals surface area (Å²) < 4.78 is 10.8. The average molecular weight is 368 g/mol. The van der Waals surface area contributed by atoms with Gasteiger partial charge in [0.1, 0.15) is 12.4 Å². The Morgan fingerprint density at radius 3 is 2.67 bits per heavy atom. The van der Waals surface area contributed by atoms with Gasteiger partial charge in [0.25, 0.3) is 11.8 Å². The monoisotopic (exact) mass is 368 g/mol. The predicted octanol–water partition coefficient (Wildman–Crippen LogP) is 2.42. The Labute approximate surface area is 159 Å². The number of hydrogen-bond acceptors (Lipinski definition) is 4. The summed E-state index contributed by atoms with van der Waals surface area (Å²) >= 11 is 0. The Balaban J connectivity index is 1.62. The fraction of sp³-hybridized carbons (Fsp3) is 0.333. The van der Waals surface area contributed by atoms with Gasteiger partial charge >= 0.3 is 0 Å². The zero-order valence-electron chi connectivity index (χ0n) is 15.6. The molecule has 1 heterocycles. The lowest BCUT2D eigenvalue weighted by atomic mass is 10.1. The van der Waals surface area contributed by atoms with Crippen LogP contribution >= 0.6 is 0 Å². The summed E-state index contributed by atoms with van der Waals surface area (Å²) in [7, 11) is 1.53. The lowest BCUT2D eigenvalue weighted by Crippen LogP contribution is -2.50. The fourth-order valence-corrected chi connectivity index (χ4v) is 3.04. The number of anilines is 1. The number of rotatable bonds is 6. The largest absolute Gasteiger partial charge is 0.496 e. The zero-order valence-corrected chi connectivity index (χ0v) is 15.6. The van der Waals surface area contributed by atoms with E-state index in [-0.39, 0.29) is 24.5 Å². The Bertz CT molecular complexity index is 804. The van der Waals surface area contributed by atoms with Crippen LogP contribution in [0, 0.1) is 0 Å². The van der Waals surface area contributed by atoms with Crippen molar-refractivity contribution < 1.29 is 19.1 Å². The Kier molecular flexibility index (Phi) is 6.08. The molecule has 0 aliphatic carbocycles. The number of para-hydroxylation sites is 1. The predicted molar refractivity (Wildman–Crippen MR) is 103 cm³/mol. The molecule has 1 unspecified atom stereocenters. The van der Waals surface area contributed by atoms with Crippen LogP contribution in [0.2, 0.25) is 0 Å². The topological polar surface area (TPSA) is 67.9 Å². The molecule has 1 atom stereocenters. The number of benzene rings is 2. The van der Waals surface area contributed by atoms with Gasteiger partial charge in [-0.25, -0.2) is 0 Å². The van der Waals surface area contributed by atoms with E-state index in [4.69, 9.17) is 9.47 Å². The molecule has 1 aliphatic rings. The van der Waals surface area contributed by atoms with Gasteiger partial charge in [0.15, 0.2) is 0 Å². The van der Waals surface area contributed by atoms with Crippen molar-refractivity contribution in [2.75, 3.05) is 31.7 Å². The highest BCUT2D eigenvalue weighted by atomic mass is 16.5. The van der Waals surface area contributed by atoms with Gasteiger partial charge in [-0.1, -0.05) is 31.2 Å². The first-order chi connectivity index (χ1) is 13.1. The second kappa shape index (κ2) is 8.68. The normalized spacial score (nSPS) is 16.9. The van der Waals surface area contributed by atoms with Crippen molar-refractivity contribution in [1.29, 1.82) is 0 Å². The third kappa shape index (κ3) is 4.46. The summed E-state index contributed by atoms with van der Waals surface area (Å²) in [6, 6.07) is 15.0. The smallest absolute Gasteiger partial charge is 0.255 e. The summed E-state index contributed by atoms with van der Waals surface area (Å²) in [5.41, 5.74) is 2.54. The second-order valence-corrected chi connectivity index (χ2v) is 6.37. The van der Waals surface area contributed by atoms with Crippen molar-refractivity contribution in [2.24, 2.45) is 0 Å². The minimum Gasteiger partial charge on any atom is -0.496 e. The molecule has 6 heteroatoms. The van der Waals surface area contributed by atoms with Crippen LogP contribution in [0.1, 0.15) is 22.8 Å². The molecule has 6 nitrogen and oxygen atoms in total. The summed E-state index contributed by atoms with van der Waals surface area (Å²) in [4.78, 5) is 26.4. The van der Waals surface area contributed by atoms with Gasteiger partial charge < -0.3 is 19.7 Å². The van der Waals surface area contributed by atoms with E-state index in [0.29, 0.717) is 24.4 Å². The molecule has 27 heavy (non-hydrogen) atoms. The van der Waals surface area contributed by atoms with E-state index in [1.807, 2.05) is 30.3 Å². The van der Waals surface area contributed by atoms with Gasteiger partial charge in [-0.2, -0.15) is 0 Å². The molecule has 0 bridgehead atoms. The number of ether oxygens (including phenoxy) is 2. The maximum atomic E-state index is 12.4. The first-order valence-electron chi connectivity index (χ1n) is 9.04. The SMILES string of the molecule is CCc1ccc(N2CC(CNC(=O)c3ccccc3OC)OCC2=O)cc1. The van der Waals surface area contributed by atoms with Gasteiger partial charge in [0, 0.05) is 12.2 Å². The van der Waals surface area contributed by atoms with Gasteiger partial charge in [0.05, 0.1) is 25.3 Å². The molecular formula is C21H24N2O4. The number of carbonyl (C=O) groups is 2. The quantitative estimate of drug-likeness (QED) is 0.850. The highest BCUT2D eigenvalue weighted by molar-refractivity contribution is 5.97. The molecule has 1 fully saturated rings. The van der Waals surface area contributed by atoms with Crippen LogP contribution in [-0.2, 0) is 16.0 Å². The maximum absolute atomic E-state index is 12.4. The molecule has 1 saturated heterocycles. The first kappa shape index (κ1) is 18.9. The van der Waals surface area contributed by atoms with Crippen molar-refractivity contribution >= 4 is 17.5 Å². The summed E-state index contributed by atoms with van der Waals surface area (Å²) in [5, 5.41) is 2.87. The van der Waals surface area contributed by atoms with Gasteiger partial charge in [-0.05, 0) is 36.2 Å². The second-order valence-electron chi connectivity index (χ2n) is 6.37. The molecule has 2 aromatic rings. The highest BCUT2D eigenvalue weighted by Gasteiger charge is 2.28. The van der Waals surface area contributed by atoms with Crippen molar-refractivity contribution in [1.82, 2.24) is 5.32 Å². The van der Waals surface area contributed by atoms with Crippen LogP contribution in [0.15, 0.2) is 48.5 Å². The number of carbonyl (C=O) groups excluding carboxylic acids is 2. The molecule has 142 valence electrons. The lowest BCUT2D eigenvalue weighted by Gasteiger charge is -2.33. The molecule has 0 saturated carbocycles. The number of morpholine rings is 1. The van der Waals surface area contributed by atoms with E-state index in [1.54, 1.807) is 23.1 Å². The van der Waals surface area contributed by atoms with Gasteiger partial charge in [0.2, 0.25) is 0 Å². The summed E-state index contributed by atoms with van der Waals surface area (Å²) in [6.45, 7) is 2.81. The molecule has 0 aromatic heterocycles. The molecule has 1 N–H and O–H groups in total. The van der Waals surface area contributed by atoms with E-state index >= 15 is 0 Å². The number of nitrogens with one attached hydrogen (secondary N) is 1. The Hall–Kier alpha value is -2.86. The molecule has 2 amide bonds. The molecule has 0 radical (unpaired) electrons. The average Bonchev–Trinajstić information content (AvgIpc) is 2.73. The minimum atomic E-state index is -0.271. The molecule has 0 spiro atoms. The Morgan fingerprint density at radius 1 is 1.22 bits per heavy atom. The van der Waals surface area contributed by atoms with E-state index in [9.17, 15) is 9.59 Å². The summed E-state index contributed by atoms with van der Waals surface area (Å²) in [5.74, 6) is 0.214. The van der Waals surface area contributed by atoms with Gasteiger partial charge in [-0.15, -0.1) is 0 Å². The van der Waals surface area contributed by atoms with Crippen LogP contribution in [0.4, 0.5) is 5.69 Å². The van der Waals surface area contributed by atoms with Crippen molar-refractivity contribution in [3.8, 4) is 5.75 Å². The molecular weight excluding hydrogens is 344 g/mol. The van der Waals surface area contributed by atoms with Crippen LogP contribution in [-0.4, -0.2) is 44.7 Å². The maximum Gasteiger partial charge on any atom is 0.255 e. The van der Waals surface area contributed by atoms with Crippen LogP contribution in [0.5, 0.6) is 5.75 Å². The zero-order chi connectivity index (χ0) is 19.2. The highest BCUT2D eigenvalue weighted by Crippen LogP contribution is 2.20. The molecule has 1 aliphatic heterocycles. The molecule has 3 rings (SSSR count). The van der Waals surface area contributed by atoms with Crippen LogP contribution in [0.3, 0.4) is 0 Å². The first-order valence-corrected chi connectivity index (χ1v) is 9.04. The number of methoxy groups -OCH3 is 1. The van der Waals surface area contributed by atoms with E-state index < -0.39 is 0 Å². The third-order valence-corrected chi connectivity index (χ3v) is 4.63. The van der Waals surface area contributed by atoms with Crippen LogP contribution in [0.25, 0.3) is 0 Å². The molecule has 2 aromatic carbocycles. The lowest BCUT2D eigenvalue weighted by molar-refractivity contribution is -0.129.